The van der Waals surface area contributed by atoms with Crippen LogP contribution >= 0.6 is 0 Å². The summed E-state index contributed by atoms with van der Waals surface area (Å²) in [5, 5.41) is 0. The second-order valence-corrected chi connectivity index (χ2v) is 0. The maximum atomic E-state index is 3.67. The zero-order valence-corrected chi connectivity index (χ0v) is 4.91. The Labute approximate surface area is 59.0 Å². The van der Waals surface area contributed by atoms with Gasteiger partial charge in [-0.05, 0) is 0 Å². The van der Waals surface area contributed by atoms with Crippen LogP contribution in [-0.2, 0) is 40.4 Å². The molecule has 0 radical (unpaired) electrons. The monoisotopic (exact) mass is 127 g/mol. The van der Waals surface area contributed by atoms with E-state index in [0.29, 0.717) is 0 Å². The zero-order valence-electron chi connectivity index (χ0n) is 2.17. The zero-order chi connectivity index (χ0) is 2.00. The van der Waals surface area contributed by atoms with Crippen LogP contribution in [0.3, 0.4) is 0 Å². The predicted octanol–water partition coefficient (Wildman–Crippen LogP) is -3.00. The summed E-state index contributed by atoms with van der Waals surface area (Å²) in [4.78, 5) is 0. The van der Waals surface area contributed by atoms with Crippen molar-refractivity contribution in [3.05, 3.63) is 0 Å². The molecule has 4 heteroatoms. The molecule has 0 aromatic heterocycles. The fourth-order valence-electron chi connectivity index (χ4n) is 0. The molecule has 0 aliphatic rings. The molecule has 0 amide bonds. The summed E-state index contributed by atoms with van der Waals surface area (Å²) in [6.07, 6.45) is 0. The van der Waals surface area contributed by atoms with E-state index >= 15 is 0 Å². The fourth-order valence-corrected chi connectivity index (χ4v) is 0. The molecule has 0 aliphatic heterocycles. The maximum absolute atomic E-state index is 3.67. The van der Waals surface area contributed by atoms with Crippen LogP contribution in [-0.4, -0.2) is 0 Å². The first-order chi connectivity index (χ1) is 1.00. The first-order valence-corrected chi connectivity index (χ1v) is 1.50. The summed E-state index contributed by atoms with van der Waals surface area (Å²) < 4.78 is 0. The third kappa shape index (κ3) is 9.17. The van der Waals surface area contributed by atoms with E-state index in [-0.39, 0.29) is 35.9 Å². The van der Waals surface area contributed by atoms with Crippen LogP contribution in [0.4, 0.5) is 0 Å². The molecule has 0 aromatic rings. The van der Waals surface area contributed by atoms with E-state index in [0.717, 1.165) is 0 Å². The number of hydrogen-bond donors (Lipinski definition) is 0. The third-order valence-electron chi connectivity index (χ3n) is 0. The van der Waals surface area contributed by atoms with Crippen LogP contribution in [0.15, 0.2) is 0 Å². The minimum Gasteiger partial charge on any atom is -1.00 e. The molecule has 0 heterocycles. The van der Waals surface area contributed by atoms with Crippen molar-refractivity contribution in [2.45, 2.75) is 0 Å². The molecule has 0 atom stereocenters. The van der Waals surface area contributed by atoms with Crippen molar-refractivity contribution in [2.24, 2.45) is 0 Å². The van der Waals surface area contributed by atoms with Crippen LogP contribution in [0.5, 0.6) is 0 Å². The molecule has 0 fully saturated rings. The van der Waals surface area contributed by atoms with Gasteiger partial charge in [-0.1, -0.05) is 0 Å². The van der Waals surface area contributed by atoms with Gasteiger partial charge < -0.3 is 23.3 Å². The average molecular weight is 127 g/mol. The van der Waals surface area contributed by atoms with Crippen molar-refractivity contribution in [3.63, 3.8) is 0 Å². The van der Waals surface area contributed by atoms with Gasteiger partial charge in [0.05, 0.1) is 0 Å². The SMILES string of the molecule is [Fe+2].[Li+].[S-][S-]. The molecule has 0 aliphatic carbocycles. The van der Waals surface area contributed by atoms with E-state index < -0.39 is 0 Å². The number of rotatable bonds is 0. The first kappa shape index (κ1) is 17.0. The van der Waals surface area contributed by atoms with Crippen molar-refractivity contribution in [2.75, 3.05) is 0 Å². The molecule has 0 bridgehead atoms. The van der Waals surface area contributed by atoms with Gasteiger partial charge in [0.2, 0.25) is 0 Å². The second-order valence-electron chi connectivity index (χ2n) is 0. The molecule has 0 spiro atoms. The quantitative estimate of drug-likeness (QED) is 0.193. The Kier molecular flexibility index (Phi) is 90.4. The Morgan fingerprint density at radius 1 is 1.00 bits per heavy atom. The number of hydrogen-bond acceptors (Lipinski definition) is 2. The smallest absolute Gasteiger partial charge is 1.00 e. The molecule has 0 saturated heterocycles. The molecule has 0 unspecified atom stereocenters. The van der Waals surface area contributed by atoms with E-state index in [2.05, 4.69) is 23.3 Å². The third-order valence-corrected chi connectivity index (χ3v) is 0. The molecular formula is FeLiS2+. The summed E-state index contributed by atoms with van der Waals surface area (Å²) in [5.41, 5.74) is 0. The van der Waals surface area contributed by atoms with Gasteiger partial charge in [0, 0.05) is 0 Å². The van der Waals surface area contributed by atoms with Crippen LogP contribution in [0, 0.1) is 0 Å². The summed E-state index contributed by atoms with van der Waals surface area (Å²) in [7, 11) is 0. The molecule has 0 N–H and O–H groups in total. The van der Waals surface area contributed by atoms with E-state index in [1.807, 2.05) is 0 Å². The van der Waals surface area contributed by atoms with E-state index in [9.17, 15) is 0 Å². The van der Waals surface area contributed by atoms with Crippen LogP contribution in [0.1, 0.15) is 0 Å². The second kappa shape index (κ2) is 21.3. The Morgan fingerprint density at radius 2 is 1.00 bits per heavy atom. The van der Waals surface area contributed by atoms with Gasteiger partial charge in [-0.2, -0.15) is 0 Å². The molecule has 0 aromatic carbocycles. The van der Waals surface area contributed by atoms with Crippen LogP contribution in [0.2, 0.25) is 0 Å². The standard InChI is InChI=1S/Fe.Li.S2/c;;1-2/q+2;+1;-2. The molecule has 0 nitrogen and oxygen atoms in total. The van der Waals surface area contributed by atoms with Gasteiger partial charge in [-0.25, -0.2) is 0 Å². The van der Waals surface area contributed by atoms with Crippen molar-refractivity contribution in [1.29, 1.82) is 0 Å². The van der Waals surface area contributed by atoms with Crippen LogP contribution < -0.4 is 18.9 Å². The fraction of sp³-hybridized carbons (Fsp3) is 0. The van der Waals surface area contributed by atoms with Gasteiger partial charge >= 0.3 is 35.9 Å². The Balaban J connectivity index is -0.00000000500. The molecule has 20 valence electrons. The van der Waals surface area contributed by atoms with Crippen molar-refractivity contribution in [1.82, 2.24) is 0 Å². The molecule has 4 heavy (non-hydrogen) atoms. The molecule has 0 saturated carbocycles. The van der Waals surface area contributed by atoms with Gasteiger partial charge in [0.25, 0.3) is 0 Å². The summed E-state index contributed by atoms with van der Waals surface area (Å²) in [6.45, 7) is 0. The summed E-state index contributed by atoms with van der Waals surface area (Å²) in [5.74, 6) is 0. The topological polar surface area (TPSA) is 0 Å². The average Bonchev–Trinajstić information content (AvgIpc) is 1.00. The van der Waals surface area contributed by atoms with Gasteiger partial charge in [0.15, 0.2) is 0 Å². The normalized spacial score (nSPS) is 1.50. The van der Waals surface area contributed by atoms with Gasteiger partial charge in [-0.3, -0.25) is 0 Å². The van der Waals surface area contributed by atoms with E-state index in [1.165, 1.54) is 0 Å². The van der Waals surface area contributed by atoms with Gasteiger partial charge in [0.1, 0.15) is 0 Å². The Morgan fingerprint density at radius 3 is 1.00 bits per heavy atom. The van der Waals surface area contributed by atoms with Crippen molar-refractivity contribution >= 4 is 23.3 Å². The van der Waals surface area contributed by atoms with Gasteiger partial charge in [-0.15, -0.1) is 0 Å². The summed E-state index contributed by atoms with van der Waals surface area (Å²) >= 11 is 7.33. The largest absolute Gasteiger partial charge is 2.00 e. The molecular weight excluding hydrogens is 127 g/mol. The maximum Gasteiger partial charge on any atom is 2.00 e. The van der Waals surface area contributed by atoms with E-state index in [1.54, 1.807) is 0 Å². The molecule has 0 rings (SSSR count). The van der Waals surface area contributed by atoms with Crippen molar-refractivity contribution in [3.8, 4) is 0 Å². The Hall–Kier alpha value is 1.82. The van der Waals surface area contributed by atoms with Crippen molar-refractivity contribution < 1.29 is 35.9 Å². The summed E-state index contributed by atoms with van der Waals surface area (Å²) in [6, 6.07) is 0. The predicted molar refractivity (Wildman–Crippen MR) is 14.7 cm³/mol. The first-order valence-electron chi connectivity index (χ1n) is 0.167. The van der Waals surface area contributed by atoms with Crippen LogP contribution in [0.25, 0.3) is 0 Å². The minimum atomic E-state index is 0. The Bertz CT molecular complexity index is 6.00. The van der Waals surface area contributed by atoms with E-state index in [4.69, 9.17) is 0 Å². The minimum absolute atomic E-state index is 0.